The molecule has 0 aliphatic heterocycles. The van der Waals surface area contributed by atoms with Crippen LogP contribution in [0.2, 0.25) is 0 Å². The number of aliphatic hydroxyl groups excluding tert-OH is 1. The predicted octanol–water partition coefficient (Wildman–Crippen LogP) is 1.20. The molecule has 0 saturated carbocycles. The zero-order valence-electron chi connectivity index (χ0n) is 7.65. The van der Waals surface area contributed by atoms with Crippen molar-refractivity contribution in [1.29, 1.82) is 0 Å². The smallest absolute Gasteiger partial charge is 0.0932 e. The van der Waals surface area contributed by atoms with Crippen LogP contribution in [0.15, 0.2) is 18.3 Å². The van der Waals surface area contributed by atoms with Crippen molar-refractivity contribution in [3.05, 3.63) is 24.0 Å². The molecule has 1 N–H and O–H groups in total. The topological polar surface area (TPSA) is 36.4 Å². The number of pyridine rings is 1. The molecule has 1 atom stereocenters. The third-order valence-electron chi connectivity index (χ3n) is 1.71. The Hall–Kier alpha value is -1.09. The first-order valence-electron chi connectivity index (χ1n) is 3.92. The van der Waals surface area contributed by atoms with Gasteiger partial charge in [-0.3, -0.25) is 4.98 Å². The number of hydrogen-bond acceptors (Lipinski definition) is 3. The SMILES string of the molecule is CC(O)c1cc(N(C)C)ccn1. The first-order valence-corrected chi connectivity index (χ1v) is 3.92. The van der Waals surface area contributed by atoms with E-state index in [0.717, 1.165) is 5.69 Å². The molecule has 0 radical (unpaired) electrons. The van der Waals surface area contributed by atoms with E-state index >= 15 is 0 Å². The molecule has 1 heterocycles. The molecular weight excluding hydrogens is 152 g/mol. The fourth-order valence-electron chi connectivity index (χ4n) is 0.943. The van der Waals surface area contributed by atoms with Crippen LogP contribution in [0, 0.1) is 0 Å². The van der Waals surface area contributed by atoms with E-state index in [1.54, 1.807) is 13.1 Å². The molecule has 1 aromatic heterocycles. The third kappa shape index (κ3) is 1.95. The molecule has 0 amide bonds. The molecule has 1 rings (SSSR count). The first-order chi connectivity index (χ1) is 5.61. The van der Waals surface area contributed by atoms with E-state index in [-0.39, 0.29) is 0 Å². The second-order valence-electron chi connectivity index (χ2n) is 3.01. The summed E-state index contributed by atoms with van der Waals surface area (Å²) in [7, 11) is 3.92. The summed E-state index contributed by atoms with van der Waals surface area (Å²) in [5, 5.41) is 9.25. The highest BCUT2D eigenvalue weighted by atomic mass is 16.3. The first kappa shape index (κ1) is 9.00. The fourth-order valence-corrected chi connectivity index (χ4v) is 0.943. The van der Waals surface area contributed by atoms with Gasteiger partial charge in [-0.25, -0.2) is 0 Å². The van der Waals surface area contributed by atoms with Crippen molar-refractivity contribution in [1.82, 2.24) is 4.98 Å². The zero-order chi connectivity index (χ0) is 9.14. The lowest BCUT2D eigenvalue weighted by Gasteiger charge is -2.13. The summed E-state index contributed by atoms with van der Waals surface area (Å²) >= 11 is 0. The van der Waals surface area contributed by atoms with E-state index in [4.69, 9.17) is 0 Å². The number of rotatable bonds is 2. The molecule has 0 fully saturated rings. The molecule has 0 aromatic carbocycles. The molecule has 0 bridgehead atoms. The number of nitrogens with zero attached hydrogens (tertiary/aromatic N) is 2. The molecule has 1 aromatic rings. The Morgan fingerprint density at radius 3 is 2.67 bits per heavy atom. The molecule has 66 valence electrons. The van der Waals surface area contributed by atoms with Gasteiger partial charge in [0.05, 0.1) is 11.8 Å². The van der Waals surface area contributed by atoms with Crippen molar-refractivity contribution >= 4 is 5.69 Å². The van der Waals surface area contributed by atoms with Crippen molar-refractivity contribution in [2.75, 3.05) is 19.0 Å². The summed E-state index contributed by atoms with van der Waals surface area (Å²) < 4.78 is 0. The van der Waals surface area contributed by atoms with Gasteiger partial charge in [-0.1, -0.05) is 0 Å². The van der Waals surface area contributed by atoms with Crippen molar-refractivity contribution in [3.8, 4) is 0 Å². The Morgan fingerprint density at radius 1 is 1.50 bits per heavy atom. The quantitative estimate of drug-likeness (QED) is 0.717. The Labute approximate surface area is 72.7 Å². The maximum Gasteiger partial charge on any atom is 0.0932 e. The number of aliphatic hydroxyl groups is 1. The molecule has 0 aliphatic rings. The maximum atomic E-state index is 9.25. The van der Waals surface area contributed by atoms with Crippen LogP contribution in [0.4, 0.5) is 5.69 Å². The standard InChI is InChI=1S/C9H14N2O/c1-7(12)9-6-8(11(2)3)4-5-10-9/h4-7,12H,1-3H3. The lowest BCUT2D eigenvalue weighted by Crippen LogP contribution is -2.09. The lowest BCUT2D eigenvalue weighted by molar-refractivity contribution is 0.194. The van der Waals surface area contributed by atoms with E-state index in [0.29, 0.717) is 5.69 Å². The van der Waals surface area contributed by atoms with E-state index in [2.05, 4.69) is 4.98 Å². The van der Waals surface area contributed by atoms with E-state index in [1.807, 2.05) is 31.1 Å². The van der Waals surface area contributed by atoms with Crippen molar-refractivity contribution < 1.29 is 5.11 Å². The Kier molecular flexibility index (Phi) is 2.65. The van der Waals surface area contributed by atoms with Gasteiger partial charge in [0.15, 0.2) is 0 Å². The highest BCUT2D eigenvalue weighted by molar-refractivity contribution is 5.44. The van der Waals surface area contributed by atoms with Gasteiger partial charge >= 0.3 is 0 Å². The van der Waals surface area contributed by atoms with Crippen LogP contribution in [-0.4, -0.2) is 24.2 Å². The molecule has 12 heavy (non-hydrogen) atoms. The molecule has 1 unspecified atom stereocenters. The van der Waals surface area contributed by atoms with Gasteiger partial charge in [-0.15, -0.1) is 0 Å². The van der Waals surface area contributed by atoms with Gasteiger partial charge in [-0.05, 0) is 19.1 Å². The Morgan fingerprint density at radius 2 is 2.17 bits per heavy atom. The average molecular weight is 166 g/mol. The Balaban J connectivity index is 2.96. The monoisotopic (exact) mass is 166 g/mol. The molecule has 0 saturated heterocycles. The van der Waals surface area contributed by atoms with Crippen LogP contribution in [0.1, 0.15) is 18.7 Å². The minimum atomic E-state index is -0.495. The highest BCUT2D eigenvalue weighted by Gasteiger charge is 2.03. The van der Waals surface area contributed by atoms with Gasteiger partial charge in [-0.2, -0.15) is 0 Å². The average Bonchev–Trinajstić information content (AvgIpc) is 2.04. The molecule has 0 spiro atoms. The van der Waals surface area contributed by atoms with Crippen LogP contribution < -0.4 is 4.90 Å². The van der Waals surface area contributed by atoms with Crippen molar-refractivity contribution in [2.45, 2.75) is 13.0 Å². The zero-order valence-corrected chi connectivity index (χ0v) is 7.65. The van der Waals surface area contributed by atoms with Crippen molar-refractivity contribution in [2.24, 2.45) is 0 Å². The van der Waals surface area contributed by atoms with Gasteiger partial charge in [0, 0.05) is 26.0 Å². The summed E-state index contributed by atoms with van der Waals surface area (Å²) in [5.74, 6) is 0. The van der Waals surface area contributed by atoms with Gasteiger partial charge < -0.3 is 10.0 Å². The van der Waals surface area contributed by atoms with Gasteiger partial charge in [0.2, 0.25) is 0 Å². The summed E-state index contributed by atoms with van der Waals surface area (Å²) in [6, 6.07) is 3.79. The minimum absolute atomic E-state index is 0.495. The predicted molar refractivity (Wildman–Crippen MR) is 49.2 cm³/mol. The van der Waals surface area contributed by atoms with E-state index in [9.17, 15) is 5.11 Å². The van der Waals surface area contributed by atoms with Gasteiger partial charge in [0.1, 0.15) is 0 Å². The Bertz CT molecular complexity index is 235. The third-order valence-corrected chi connectivity index (χ3v) is 1.71. The number of hydrogen-bond donors (Lipinski definition) is 1. The van der Waals surface area contributed by atoms with Gasteiger partial charge in [0.25, 0.3) is 0 Å². The number of anilines is 1. The normalized spacial score (nSPS) is 12.7. The molecule has 0 aliphatic carbocycles. The molecule has 3 nitrogen and oxygen atoms in total. The summed E-state index contributed by atoms with van der Waals surface area (Å²) in [4.78, 5) is 6.02. The molecular formula is C9H14N2O. The summed E-state index contributed by atoms with van der Waals surface area (Å²) in [5.41, 5.74) is 1.77. The highest BCUT2D eigenvalue weighted by Crippen LogP contribution is 2.15. The van der Waals surface area contributed by atoms with Crippen LogP contribution in [0.3, 0.4) is 0 Å². The maximum absolute atomic E-state index is 9.25. The largest absolute Gasteiger partial charge is 0.387 e. The summed E-state index contributed by atoms with van der Waals surface area (Å²) in [6.45, 7) is 1.71. The van der Waals surface area contributed by atoms with Crippen LogP contribution >= 0.6 is 0 Å². The van der Waals surface area contributed by atoms with Crippen LogP contribution in [0.25, 0.3) is 0 Å². The van der Waals surface area contributed by atoms with Crippen LogP contribution in [0.5, 0.6) is 0 Å². The molecule has 3 heteroatoms. The summed E-state index contributed by atoms with van der Waals surface area (Å²) in [6.07, 6.45) is 1.21. The van der Waals surface area contributed by atoms with Crippen molar-refractivity contribution in [3.63, 3.8) is 0 Å². The lowest BCUT2D eigenvalue weighted by atomic mass is 10.2. The second-order valence-corrected chi connectivity index (χ2v) is 3.01. The minimum Gasteiger partial charge on any atom is -0.387 e. The fraction of sp³-hybridized carbons (Fsp3) is 0.444. The van der Waals surface area contributed by atoms with E-state index < -0.39 is 6.10 Å². The number of aromatic nitrogens is 1. The second kappa shape index (κ2) is 3.54. The van der Waals surface area contributed by atoms with E-state index in [1.165, 1.54) is 0 Å². The van der Waals surface area contributed by atoms with Crippen LogP contribution in [-0.2, 0) is 0 Å².